The molecule has 0 amide bonds. The normalized spacial score (nSPS) is 35.7. The highest BCUT2D eigenvalue weighted by molar-refractivity contribution is 5.07. The Labute approximate surface area is 81.6 Å². The van der Waals surface area contributed by atoms with Gasteiger partial charge in [-0.05, 0) is 32.2 Å². The minimum atomic E-state index is 0.546. The van der Waals surface area contributed by atoms with Gasteiger partial charge >= 0.3 is 0 Å². The molecule has 1 saturated heterocycles. The van der Waals surface area contributed by atoms with Crippen molar-refractivity contribution in [3.63, 3.8) is 0 Å². The molecule has 1 heteroatoms. The first-order chi connectivity index (χ1) is 6.41. The van der Waals surface area contributed by atoms with Crippen LogP contribution in [-0.4, -0.2) is 13.1 Å². The van der Waals surface area contributed by atoms with Crippen LogP contribution in [0, 0.1) is 5.41 Å². The summed E-state index contributed by atoms with van der Waals surface area (Å²) in [6.45, 7) is 2.46. The minimum absolute atomic E-state index is 0.546. The Bertz CT molecular complexity index is 174. The van der Waals surface area contributed by atoms with Gasteiger partial charge in [-0.3, -0.25) is 0 Å². The second-order valence-corrected chi connectivity index (χ2v) is 4.64. The maximum atomic E-state index is 3.61. The van der Waals surface area contributed by atoms with Crippen LogP contribution in [0.2, 0.25) is 0 Å². The van der Waals surface area contributed by atoms with E-state index in [1.54, 1.807) is 0 Å². The molecule has 1 unspecified atom stereocenters. The van der Waals surface area contributed by atoms with Crippen molar-refractivity contribution in [3.05, 3.63) is 12.2 Å². The molecule has 1 nitrogen and oxygen atoms in total. The molecular formula is C12H21N. The molecule has 1 atom stereocenters. The topological polar surface area (TPSA) is 12.0 Å². The highest BCUT2D eigenvalue weighted by Gasteiger charge is 2.28. The third-order valence-corrected chi connectivity index (χ3v) is 3.54. The van der Waals surface area contributed by atoms with Crippen molar-refractivity contribution in [2.75, 3.05) is 13.1 Å². The summed E-state index contributed by atoms with van der Waals surface area (Å²) in [5.41, 5.74) is 0.546. The number of rotatable bonds is 0. The third-order valence-electron chi connectivity index (χ3n) is 3.54. The maximum absolute atomic E-state index is 3.61. The Morgan fingerprint density at radius 2 is 1.92 bits per heavy atom. The molecule has 0 aromatic carbocycles. The van der Waals surface area contributed by atoms with Crippen molar-refractivity contribution in [1.29, 1.82) is 0 Å². The van der Waals surface area contributed by atoms with Gasteiger partial charge in [0, 0.05) is 12.0 Å². The SMILES string of the molecule is C1=CC2(CC1)CCCCCCNC2. The van der Waals surface area contributed by atoms with Gasteiger partial charge in [0.25, 0.3) is 0 Å². The van der Waals surface area contributed by atoms with E-state index in [1.165, 1.54) is 58.0 Å². The van der Waals surface area contributed by atoms with Gasteiger partial charge in [-0.2, -0.15) is 0 Å². The first-order valence-corrected chi connectivity index (χ1v) is 5.80. The van der Waals surface area contributed by atoms with Gasteiger partial charge in [-0.25, -0.2) is 0 Å². The van der Waals surface area contributed by atoms with Crippen molar-refractivity contribution in [2.24, 2.45) is 5.41 Å². The van der Waals surface area contributed by atoms with Crippen LogP contribution in [0.5, 0.6) is 0 Å². The molecule has 1 heterocycles. The predicted octanol–water partition coefficient (Wildman–Crippen LogP) is 2.88. The molecule has 2 aliphatic rings. The zero-order chi connectivity index (χ0) is 8.99. The summed E-state index contributed by atoms with van der Waals surface area (Å²) < 4.78 is 0. The Morgan fingerprint density at radius 1 is 1.00 bits per heavy atom. The van der Waals surface area contributed by atoms with Crippen LogP contribution in [0.4, 0.5) is 0 Å². The lowest BCUT2D eigenvalue weighted by molar-refractivity contribution is 0.321. The fourth-order valence-corrected chi connectivity index (χ4v) is 2.65. The lowest BCUT2D eigenvalue weighted by atomic mass is 9.82. The van der Waals surface area contributed by atoms with E-state index in [0.29, 0.717) is 5.41 Å². The van der Waals surface area contributed by atoms with Crippen LogP contribution in [0.1, 0.15) is 44.9 Å². The van der Waals surface area contributed by atoms with Crippen LogP contribution in [-0.2, 0) is 0 Å². The smallest absolute Gasteiger partial charge is 0.00426 e. The molecule has 1 fully saturated rings. The Morgan fingerprint density at radius 3 is 2.77 bits per heavy atom. The Kier molecular flexibility index (Phi) is 3.05. The van der Waals surface area contributed by atoms with E-state index < -0.39 is 0 Å². The van der Waals surface area contributed by atoms with E-state index in [0.717, 1.165) is 0 Å². The highest BCUT2D eigenvalue weighted by atomic mass is 14.9. The summed E-state index contributed by atoms with van der Waals surface area (Å²) in [5.74, 6) is 0. The minimum Gasteiger partial charge on any atom is -0.316 e. The van der Waals surface area contributed by atoms with Crippen LogP contribution < -0.4 is 5.32 Å². The molecule has 1 aliphatic carbocycles. The first kappa shape index (κ1) is 9.26. The zero-order valence-electron chi connectivity index (χ0n) is 8.52. The molecule has 1 spiro atoms. The second-order valence-electron chi connectivity index (χ2n) is 4.64. The van der Waals surface area contributed by atoms with Crippen molar-refractivity contribution in [2.45, 2.75) is 44.9 Å². The van der Waals surface area contributed by atoms with E-state index in [4.69, 9.17) is 0 Å². The summed E-state index contributed by atoms with van der Waals surface area (Å²) in [4.78, 5) is 0. The Hall–Kier alpha value is -0.300. The average molecular weight is 179 g/mol. The van der Waals surface area contributed by atoms with Crippen LogP contribution in [0.25, 0.3) is 0 Å². The lowest BCUT2D eigenvalue weighted by Crippen LogP contribution is -2.31. The first-order valence-electron chi connectivity index (χ1n) is 5.80. The van der Waals surface area contributed by atoms with E-state index in [-0.39, 0.29) is 0 Å². The molecule has 0 bridgehead atoms. The van der Waals surface area contributed by atoms with Gasteiger partial charge < -0.3 is 5.32 Å². The van der Waals surface area contributed by atoms with E-state index >= 15 is 0 Å². The van der Waals surface area contributed by atoms with E-state index in [9.17, 15) is 0 Å². The number of hydrogen-bond acceptors (Lipinski definition) is 1. The van der Waals surface area contributed by atoms with Crippen molar-refractivity contribution >= 4 is 0 Å². The van der Waals surface area contributed by atoms with Gasteiger partial charge in [0.05, 0.1) is 0 Å². The largest absolute Gasteiger partial charge is 0.316 e. The highest BCUT2D eigenvalue weighted by Crippen LogP contribution is 2.37. The summed E-state index contributed by atoms with van der Waals surface area (Å²) >= 11 is 0. The molecule has 2 rings (SSSR count). The van der Waals surface area contributed by atoms with Crippen molar-refractivity contribution < 1.29 is 0 Å². The fourth-order valence-electron chi connectivity index (χ4n) is 2.65. The summed E-state index contributed by atoms with van der Waals surface area (Å²) in [6, 6.07) is 0. The monoisotopic (exact) mass is 179 g/mol. The third kappa shape index (κ3) is 2.34. The van der Waals surface area contributed by atoms with Crippen molar-refractivity contribution in [3.8, 4) is 0 Å². The number of hydrogen-bond donors (Lipinski definition) is 1. The van der Waals surface area contributed by atoms with Crippen LogP contribution in [0.15, 0.2) is 12.2 Å². The molecule has 0 radical (unpaired) electrons. The predicted molar refractivity (Wildman–Crippen MR) is 56.8 cm³/mol. The van der Waals surface area contributed by atoms with Crippen LogP contribution in [0.3, 0.4) is 0 Å². The van der Waals surface area contributed by atoms with Gasteiger partial charge in [-0.1, -0.05) is 31.4 Å². The number of nitrogens with one attached hydrogen (secondary N) is 1. The maximum Gasteiger partial charge on any atom is 0.00426 e. The van der Waals surface area contributed by atoms with Gasteiger partial charge in [0.2, 0.25) is 0 Å². The quantitative estimate of drug-likeness (QED) is 0.564. The molecular weight excluding hydrogens is 158 g/mol. The molecule has 0 saturated carbocycles. The van der Waals surface area contributed by atoms with E-state index in [2.05, 4.69) is 17.5 Å². The van der Waals surface area contributed by atoms with Crippen molar-refractivity contribution in [1.82, 2.24) is 5.32 Å². The van der Waals surface area contributed by atoms with Crippen LogP contribution >= 0.6 is 0 Å². The molecule has 1 N–H and O–H groups in total. The van der Waals surface area contributed by atoms with Gasteiger partial charge in [0.1, 0.15) is 0 Å². The summed E-state index contributed by atoms with van der Waals surface area (Å²) in [6.07, 6.45) is 14.6. The van der Waals surface area contributed by atoms with E-state index in [1.807, 2.05) is 0 Å². The number of allylic oxidation sites excluding steroid dienone is 1. The lowest BCUT2D eigenvalue weighted by Gasteiger charge is -2.27. The van der Waals surface area contributed by atoms with Gasteiger partial charge in [-0.15, -0.1) is 0 Å². The summed E-state index contributed by atoms with van der Waals surface area (Å²) in [5, 5.41) is 3.61. The zero-order valence-corrected chi connectivity index (χ0v) is 8.52. The molecule has 0 aromatic rings. The molecule has 13 heavy (non-hydrogen) atoms. The molecule has 74 valence electrons. The molecule has 1 aliphatic heterocycles. The summed E-state index contributed by atoms with van der Waals surface area (Å²) in [7, 11) is 0. The fraction of sp³-hybridized carbons (Fsp3) is 0.833. The van der Waals surface area contributed by atoms with Gasteiger partial charge in [0.15, 0.2) is 0 Å². The second kappa shape index (κ2) is 4.28. The standard InChI is InChI=1S/C12H21N/c1-2-6-10-13-11-12(7-3-1)8-4-5-9-12/h4,8,13H,1-3,5-7,9-11H2. The Balaban J connectivity index is 1.95. The average Bonchev–Trinajstić information content (AvgIpc) is 2.62. The molecule has 0 aromatic heterocycles.